The highest BCUT2D eigenvalue weighted by molar-refractivity contribution is 5.88. The number of aromatic amines is 1. The van der Waals surface area contributed by atoms with E-state index in [0.717, 1.165) is 0 Å². The lowest BCUT2D eigenvalue weighted by atomic mass is 9.96. The second-order valence-corrected chi connectivity index (χ2v) is 5.78. The van der Waals surface area contributed by atoms with Crippen LogP contribution < -0.4 is 11.3 Å². The molecule has 120 valence electrons. The van der Waals surface area contributed by atoms with Crippen molar-refractivity contribution in [2.75, 3.05) is 13.1 Å². The third kappa shape index (κ3) is 3.08. The van der Waals surface area contributed by atoms with Crippen LogP contribution in [0.2, 0.25) is 0 Å². The van der Waals surface area contributed by atoms with Crippen LogP contribution in [0.5, 0.6) is 0 Å². The highest BCUT2D eigenvalue weighted by atomic mass is 16.2. The third-order valence-corrected chi connectivity index (χ3v) is 4.34. The first-order valence-electron chi connectivity index (χ1n) is 7.59. The molecule has 0 saturated carbocycles. The molecule has 2 amide bonds. The summed E-state index contributed by atoms with van der Waals surface area (Å²) in [6.45, 7) is 1.04. The molecule has 0 spiro atoms. The summed E-state index contributed by atoms with van der Waals surface area (Å²) < 4.78 is 0. The van der Waals surface area contributed by atoms with Gasteiger partial charge in [-0.15, -0.1) is 0 Å². The fourth-order valence-corrected chi connectivity index (χ4v) is 2.97. The van der Waals surface area contributed by atoms with Gasteiger partial charge in [-0.25, -0.2) is 5.10 Å². The number of piperidine rings is 1. The van der Waals surface area contributed by atoms with Crippen LogP contribution in [0, 0.1) is 5.92 Å². The van der Waals surface area contributed by atoms with E-state index in [2.05, 4.69) is 10.2 Å². The number of aromatic nitrogens is 2. The highest BCUT2D eigenvalue weighted by Gasteiger charge is 2.26. The number of benzene rings is 1. The van der Waals surface area contributed by atoms with Crippen LogP contribution in [-0.4, -0.2) is 40.0 Å². The van der Waals surface area contributed by atoms with E-state index in [4.69, 9.17) is 5.73 Å². The Hall–Kier alpha value is -2.70. The molecule has 3 N–H and O–H groups in total. The number of nitrogens with one attached hydrogen (secondary N) is 1. The summed E-state index contributed by atoms with van der Waals surface area (Å²) in [6.07, 6.45) is 1.32. The van der Waals surface area contributed by atoms with E-state index < -0.39 is 0 Å². The first kappa shape index (κ1) is 15.2. The largest absolute Gasteiger partial charge is 0.369 e. The first-order chi connectivity index (χ1) is 11.1. The van der Waals surface area contributed by atoms with Crippen LogP contribution in [0.15, 0.2) is 29.1 Å². The molecule has 1 aromatic heterocycles. The SMILES string of the molecule is NC(=O)C1CCN(C(=O)Cc2n[nH]c(=O)c3ccccc23)CC1. The lowest BCUT2D eigenvalue weighted by Gasteiger charge is -2.30. The van der Waals surface area contributed by atoms with E-state index in [1.54, 1.807) is 23.1 Å². The van der Waals surface area contributed by atoms with Gasteiger partial charge in [-0.2, -0.15) is 5.10 Å². The van der Waals surface area contributed by atoms with Crippen molar-refractivity contribution in [2.24, 2.45) is 11.7 Å². The van der Waals surface area contributed by atoms with E-state index in [1.807, 2.05) is 6.07 Å². The minimum atomic E-state index is -0.301. The van der Waals surface area contributed by atoms with Gasteiger partial charge in [0.2, 0.25) is 11.8 Å². The molecule has 0 radical (unpaired) electrons. The fraction of sp³-hybridized carbons (Fsp3) is 0.375. The van der Waals surface area contributed by atoms with Gasteiger partial charge in [0.15, 0.2) is 0 Å². The normalized spacial score (nSPS) is 15.7. The number of rotatable bonds is 3. The van der Waals surface area contributed by atoms with Crippen molar-refractivity contribution in [3.63, 3.8) is 0 Å². The van der Waals surface area contributed by atoms with Gasteiger partial charge < -0.3 is 10.6 Å². The topological polar surface area (TPSA) is 109 Å². The zero-order chi connectivity index (χ0) is 16.4. The molecule has 7 nitrogen and oxygen atoms in total. The predicted octanol–water partition coefficient (Wildman–Crippen LogP) is 0.190. The molecule has 1 aliphatic rings. The average Bonchev–Trinajstić information content (AvgIpc) is 2.57. The number of carbonyl (C=O) groups excluding carboxylic acids is 2. The second kappa shape index (κ2) is 6.20. The summed E-state index contributed by atoms with van der Waals surface area (Å²) in [5.74, 6) is -0.505. The fourth-order valence-electron chi connectivity index (χ4n) is 2.97. The van der Waals surface area contributed by atoms with E-state index in [0.29, 0.717) is 42.4 Å². The zero-order valence-electron chi connectivity index (χ0n) is 12.6. The lowest BCUT2D eigenvalue weighted by Crippen LogP contribution is -2.42. The number of amides is 2. The Bertz CT molecular complexity index is 806. The van der Waals surface area contributed by atoms with E-state index in [1.165, 1.54) is 0 Å². The van der Waals surface area contributed by atoms with E-state index in [9.17, 15) is 14.4 Å². The Morgan fingerprint density at radius 1 is 1.22 bits per heavy atom. The zero-order valence-corrected chi connectivity index (χ0v) is 12.6. The maximum Gasteiger partial charge on any atom is 0.272 e. The van der Waals surface area contributed by atoms with Crippen LogP contribution in [0.4, 0.5) is 0 Å². The lowest BCUT2D eigenvalue weighted by molar-refractivity contribution is -0.134. The summed E-state index contributed by atoms with van der Waals surface area (Å²) in [5.41, 5.74) is 5.60. The molecule has 1 fully saturated rings. The summed E-state index contributed by atoms with van der Waals surface area (Å²) in [6, 6.07) is 7.09. The standard InChI is InChI=1S/C16H18N4O3/c17-15(22)10-5-7-20(8-6-10)14(21)9-13-11-3-1-2-4-12(11)16(23)19-18-13/h1-4,10H,5-9H2,(H2,17,22)(H,19,23). The highest BCUT2D eigenvalue weighted by Crippen LogP contribution is 2.19. The second-order valence-electron chi connectivity index (χ2n) is 5.78. The molecule has 0 bridgehead atoms. The quantitative estimate of drug-likeness (QED) is 0.842. The smallest absolute Gasteiger partial charge is 0.272 e. The van der Waals surface area contributed by atoms with Gasteiger partial charge in [0, 0.05) is 24.4 Å². The Morgan fingerprint density at radius 3 is 2.52 bits per heavy atom. The monoisotopic (exact) mass is 314 g/mol. The summed E-state index contributed by atoms with van der Waals surface area (Å²) >= 11 is 0. The molecule has 1 aliphatic heterocycles. The third-order valence-electron chi connectivity index (χ3n) is 4.34. The van der Waals surface area contributed by atoms with Crippen molar-refractivity contribution in [2.45, 2.75) is 19.3 Å². The number of likely N-dealkylation sites (tertiary alicyclic amines) is 1. The number of nitrogens with zero attached hydrogens (tertiary/aromatic N) is 2. The summed E-state index contributed by atoms with van der Waals surface area (Å²) in [7, 11) is 0. The maximum atomic E-state index is 12.5. The number of carbonyl (C=O) groups is 2. The number of H-pyrrole nitrogens is 1. The van der Waals surface area contributed by atoms with Crippen LogP contribution >= 0.6 is 0 Å². The van der Waals surface area contributed by atoms with Gasteiger partial charge in [0.1, 0.15) is 0 Å². The minimum Gasteiger partial charge on any atom is -0.369 e. The van der Waals surface area contributed by atoms with Crippen molar-refractivity contribution in [3.8, 4) is 0 Å². The number of nitrogens with two attached hydrogens (primary N) is 1. The van der Waals surface area contributed by atoms with E-state index in [-0.39, 0.29) is 29.7 Å². The van der Waals surface area contributed by atoms with Crippen molar-refractivity contribution < 1.29 is 9.59 Å². The van der Waals surface area contributed by atoms with Gasteiger partial charge >= 0.3 is 0 Å². The van der Waals surface area contributed by atoms with Gasteiger partial charge in [-0.3, -0.25) is 14.4 Å². The molecule has 3 rings (SSSR count). The predicted molar refractivity (Wildman–Crippen MR) is 84.6 cm³/mol. The Balaban J connectivity index is 1.75. The molecule has 2 heterocycles. The Morgan fingerprint density at radius 2 is 1.87 bits per heavy atom. The molecule has 2 aromatic rings. The van der Waals surface area contributed by atoms with Crippen LogP contribution in [0.25, 0.3) is 10.8 Å². The Labute approximate surface area is 132 Å². The van der Waals surface area contributed by atoms with Crippen molar-refractivity contribution in [1.82, 2.24) is 15.1 Å². The molecule has 1 aromatic carbocycles. The molecule has 7 heteroatoms. The van der Waals surface area contributed by atoms with Gasteiger partial charge in [0.25, 0.3) is 5.56 Å². The summed E-state index contributed by atoms with van der Waals surface area (Å²) in [5, 5.41) is 7.68. The van der Waals surface area contributed by atoms with Gasteiger partial charge in [-0.1, -0.05) is 18.2 Å². The van der Waals surface area contributed by atoms with Crippen molar-refractivity contribution in [1.29, 1.82) is 0 Å². The molecular formula is C16H18N4O3. The molecule has 0 aliphatic carbocycles. The van der Waals surface area contributed by atoms with Gasteiger partial charge in [0.05, 0.1) is 17.5 Å². The van der Waals surface area contributed by atoms with Crippen LogP contribution in [-0.2, 0) is 16.0 Å². The molecule has 23 heavy (non-hydrogen) atoms. The van der Waals surface area contributed by atoms with Crippen LogP contribution in [0.1, 0.15) is 18.5 Å². The van der Waals surface area contributed by atoms with E-state index >= 15 is 0 Å². The number of primary amides is 1. The maximum absolute atomic E-state index is 12.5. The molecule has 0 atom stereocenters. The molecule has 1 saturated heterocycles. The van der Waals surface area contributed by atoms with Gasteiger partial charge in [-0.05, 0) is 18.9 Å². The van der Waals surface area contributed by atoms with Crippen molar-refractivity contribution in [3.05, 3.63) is 40.3 Å². The van der Waals surface area contributed by atoms with Crippen LogP contribution in [0.3, 0.4) is 0 Å². The average molecular weight is 314 g/mol. The minimum absolute atomic E-state index is 0.0578. The molecular weight excluding hydrogens is 296 g/mol. The number of hydrogen-bond donors (Lipinski definition) is 2. The number of fused-ring (bicyclic) bond motifs is 1. The molecule has 0 unspecified atom stereocenters. The Kier molecular flexibility index (Phi) is 4.10. The van der Waals surface area contributed by atoms with Crippen molar-refractivity contribution >= 4 is 22.6 Å². The number of hydrogen-bond acceptors (Lipinski definition) is 4. The first-order valence-corrected chi connectivity index (χ1v) is 7.59. The summed E-state index contributed by atoms with van der Waals surface area (Å²) in [4.78, 5) is 37.1.